The van der Waals surface area contributed by atoms with Crippen LogP contribution < -0.4 is 21.2 Å². The Labute approximate surface area is 216 Å². The smallest absolute Gasteiger partial charge is 0.228 e. The summed E-state index contributed by atoms with van der Waals surface area (Å²) in [4.78, 5) is 28.6. The van der Waals surface area contributed by atoms with Gasteiger partial charge in [-0.1, -0.05) is 6.07 Å². The first kappa shape index (κ1) is 21.5. The molecule has 2 aromatic heterocycles. The van der Waals surface area contributed by atoms with Gasteiger partial charge >= 0.3 is 0 Å². The summed E-state index contributed by atoms with van der Waals surface area (Å²) in [5.74, 6) is 0.705. The highest BCUT2D eigenvalue weighted by atomic mass is 32.1. The second-order valence-electron chi connectivity index (χ2n) is 8.81. The van der Waals surface area contributed by atoms with Crippen molar-refractivity contribution in [3.63, 3.8) is 0 Å². The Hall–Kier alpha value is -4.82. The third kappa shape index (κ3) is 3.75. The molecule has 0 aliphatic carbocycles. The fraction of sp³-hybridized carbons (Fsp3) is 0.0345. The molecule has 37 heavy (non-hydrogen) atoms. The fourth-order valence-corrected chi connectivity index (χ4v) is 5.62. The van der Waals surface area contributed by atoms with Crippen LogP contribution in [0, 0.1) is 0 Å². The lowest BCUT2D eigenvalue weighted by Gasteiger charge is -2.05. The van der Waals surface area contributed by atoms with Gasteiger partial charge in [0.2, 0.25) is 5.91 Å². The average Bonchev–Trinajstić information content (AvgIpc) is 3.70. The fourth-order valence-electron chi connectivity index (χ4n) is 4.83. The maximum absolute atomic E-state index is 13.3. The van der Waals surface area contributed by atoms with E-state index in [1.54, 1.807) is 22.8 Å². The molecule has 8 bridgehead atoms. The van der Waals surface area contributed by atoms with E-state index in [0.29, 0.717) is 0 Å². The van der Waals surface area contributed by atoms with E-state index < -0.39 is 0 Å². The maximum atomic E-state index is 13.3. The van der Waals surface area contributed by atoms with Crippen LogP contribution in [0.2, 0.25) is 0 Å². The lowest BCUT2D eigenvalue weighted by molar-refractivity contribution is 0.0933. The molecule has 0 radical (unpaired) electrons. The molecule has 0 saturated carbocycles. The van der Waals surface area contributed by atoms with Gasteiger partial charge in [0.05, 0.1) is 50.5 Å². The molecule has 7 nitrogen and oxygen atoms in total. The Morgan fingerprint density at radius 1 is 0.811 bits per heavy atom. The summed E-state index contributed by atoms with van der Waals surface area (Å²) in [5, 5.41) is 10.3. The van der Waals surface area contributed by atoms with Crippen molar-refractivity contribution in [3.8, 4) is 10.4 Å². The van der Waals surface area contributed by atoms with E-state index in [2.05, 4.69) is 21.7 Å². The summed E-state index contributed by atoms with van der Waals surface area (Å²) in [5.41, 5.74) is 6.50. The van der Waals surface area contributed by atoms with Gasteiger partial charge in [-0.3, -0.25) is 9.36 Å². The number of hydrogen-bond acceptors (Lipinski definition) is 7. The van der Waals surface area contributed by atoms with Gasteiger partial charge in [-0.05, 0) is 72.2 Å². The lowest BCUT2D eigenvalue weighted by atomic mass is 10.1. The molecule has 0 spiro atoms. The predicted molar refractivity (Wildman–Crippen MR) is 150 cm³/mol. The Morgan fingerprint density at radius 2 is 1.41 bits per heavy atom. The number of carbonyl (C=O) groups excluding carboxylic acids is 1. The highest BCUT2D eigenvalue weighted by Crippen LogP contribution is 2.28. The molecule has 8 heteroatoms. The second-order valence-corrected chi connectivity index (χ2v) is 9.76. The monoisotopic (exact) mass is 500 g/mol. The third-order valence-corrected chi connectivity index (χ3v) is 7.21. The highest BCUT2D eigenvalue weighted by molar-refractivity contribution is 7.13. The van der Waals surface area contributed by atoms with E-state index in [4.69, 9.17) is 9.98 Å². The van der Waals surface area contributed by atoms with Crippen LogP contribution in [-0.2, 0) is 0 Å². The molecule has 178 valence electrons. The summed E-state index contributed by atoms with van der Waals surface area (Å²) in [6.07, 6.45) is 23.3. The van der Waals surface area contributed by atoms with Gasteiger partial charge < -0.3 is 10.6 Å². The SMILES string of the molecule is CC(=O)n1c2c(-c3cccs3)c(=C3NC=CN3)c1=CC1=NC(=CC3=NC(=CC4=NC(=C2)C=C4)C=C3)C=C1. The van der Waals surface area contributed by atoms with Crippen molar-refractivity contribution < 1.29 is 4.79 Å². The molecule has 2 N–H and O–H groups in total. The zero-order valence-corrected chi connectivity index (χ0v) is 20.6. The van der Waals surface area contributed by atoms with Gasteiger partial charge in [0.25, 0.3) is 0 Å². The van der Waals surface area contributed by atoms with Crippen LogP contribution in [0.1, 0.15) is 17.4 Å². The van der Waals surface area contributed by atoms with Gasteiger partial charge in [-0.15, -0.1) is 11.3 Å². The molecular weight excluding hydrogens is 480 g/mol. The number of carbonyl (C=O) groups is 1. The maximum Gasteiger partial charge on any atom is 0.228 e. The van der Waals surface area contributed by atoms with Crippen LogP contribution in [0.5, 0.6) is 0 Å². The number of aromatic nitrogens is 1. The zero-order chi connectivity index (χ0) is 24.9. The number of hydrogen-bond donors (Lipinski definition) is 2. The zero-order valence-electron chi connectivity index (χ0n) is 19.8. The number of nitrogens with zero attached hydrogens (tertiary/aromatic N) is 4. The normalized spacial score (nSPS) is 18.6. The minimum absolute atomic E-state index is 0.0990. The largest absolute Gasteiger partial charge is 0.346 e. The first-order valence-electron chi connectivity index (χ1n) is 11.8. The second kappa shape index (κ2) is 8.39. The molecular formula is C29H20N6OS. The van der Waals surface area contributed by atoms with Crippen molar-refractivity contribution in [2.45, 2.75) is 6.92 Å². The molecule has 5 aliphatic heterocycles. The summed E-state index contributed by atoms with van der Waals surface area (Å²) >= 11 is 1.63. The summed E-state index contributed by atoms with van der Waals surface area (Å²) in [6.45, 7) is 1.58. The summed E-state index contributed by atoms with van der Waals surface area (Å²) < 4.78 is 1.76. The van der Waals surface area contributed by atoms with Crippen molar-refractivity contribution >= 4 is 52.4 Å². The average molecular weight is 501 g/mol. The predicted octanol–water partition coefficient (Wildman–Crippen LogP) is 3.54. The summed E-state index contributed by atoms with van der Waals surface area (Å²) in [6, 6.07) is 4.09. The number of thiophene rings is 1. The van der Waals surface area contributed by atoms with Gasteiger partial charge in [0.1, 0.15) is 5.82 Å². The molecule has 5 aliphatic rings. The molecule has 0 unspecified atom stereocenters. The van der Waals surface area contributed by atoms with Crippen molar-refractivity contribution in [1.29, 1.82) is 0 Å². The third-order valence-electron chi connectivity index (χ3n) is 6.33. The molecule has 0 atom stereocenters. The minimum Gasteiger partial charge on any atom is -0.346 e. The molecule has 7 heterocycles. The standard InChI is InChI=1S/C29H20N6OS/c1-17(36)35-24-15-22-8-6-20(33-22)13-18-4-5-19(32-18)14-21-7-9-23(34-21)16-25(35)28(29-30-10-11-31-29)27(24)26-3-2-12-37-26/h2-16,30-31H,1H3. The Kier molecular flexibility index (Phi) is 4.87. The van der Waals surface area contributed by atoms with Crippen LogP contribution in [0.25, 0.3) is 28.4 Å². The minimum atomic E-state index is -0.0990. The van der Waals surface area contributed by atoms with Gasteiger partial charge in [0.15, 0.2) is 0 Å². The Balaban J connectivity index is 1.63. The van der Waals surface area contributed by atoms with Crippen LogP contribution in [-0.4, -0.2) is 27.6 Å². The molecule has 2 aromatic rings. The van der Waals surface area contributed by atoms with Crippen LogP contribution in [0.3, 0.4) is 0 Å². The molecule has 0 fully saturated rings. The quantitative estimate of drug-likeness (QED) is 0.628. The van der Waals surface area contributed by atoms with E-state index in [0.717, 1.165) is 66.7 Å². The Bertz CT molecular complexity index is 1820. The van der Waals surface area contributed by atoms with E-state index in [1.165, 1.54) is 0 Å². The molecule has 7 rings (SSSR count). The van der Waals surface area contributed by atoms with Gasteiger partial charge in [-0.2, -0.15) is 0 Å². The van der Waals surface area contributed by atoms with E-state index in [-0.39, 0.29) is 5.91 Å². The van der Waals surface area contributed by atoms with Crippen LogP contribution >= 0.6 is 11.3 Å². The molecule has 0 amide bonds. The van der Waals surface area contributed by atoms with Crippen molar-refractivity contribution in [2.75, 3.05) is 0 Å². The molecule has 0 saturated heterocycles. The summed E-state index contributed by atoms with van der Waals surface area (Å²) in [7, 11) is 0. The first-order valence-corrected chi connectivity index (χ1v) is 12.7. The number of allylic oxidation sites excluding steroid dienone is 8. The van der Waals surface area contributed by atoms with E-state index in [9.17, 15) is 4.79 Å². The molecule has 0 aromatic carbocycles. The van der Waals surface area contributed by atoms with Crippen molar-refractivity contribution in [1.82, 2.24) is 15.2 Å². The van der Waals surface area contributed by atoms with E-state index in [1.807, 2.05) is 84.6 Å². The number of aliphatic imine (C=N–C) groups is 3. The van der Waals surface area contributed by atoms with Crippen molar-refractivity contribution in [3.05, 3.63) is 112 Å². The van der Waals surface area contributed by atoms with Gasteiger partial charge in [-0.25, -0.2) is 15.0 Å². The first-order chi connectivity index (χ1) is 18.1. The van der Waals surface area contributed by atoms with Gasteiger partial charge in [0, 0.05) is 29.8 Å². The number of nitrogens with one attached hydrogen (secondary N) is 2. The topological polar surface area (TPSA) is 83.1 Å². The highest BCUT2D eigenvalue weighted by Gasteiger charge is 2.23. The van der Waals surface area contributed by atoms with Crippen molar-refractivity contribution in [2.24, 2.45) is 15.0 Å². The van der Waals surface area contributed by atoms with E-state index >= 15 is 0 Å². The number of rotatable bonds is 1. The van der Waals surface area contributed by atoms with Crippen LogP contribution in [0.15, 0.2) is 111 Å². The lowest BCUT2D eigenvalue weighted by Crippen LogP contribution is -2.38. The number of fused-ring (bicyclic) bond motifs is 5. The Morgan fingerprint density at radius 3 is 1.97 bits per heavy atom. The van der Waals surface area contributed by atoms with Crippen LogP contribution in [0.4, 0.5) is 0 Å².